The van der Waals surface area contributed by atoms with Crippen LogP contribution in [-0.2, 0) is 23.6 Å². The highest BCUT2D eigenvalue weighted by atomic mass is 32.2. The van der Waals surface area contributed by atoms with Crippen LogP contribution in [0.2, 0.25) is 0 Å². The minimum atomic E-state index is -3.67. The first-order valence-corrected chi connectivity index (χ1v) is 8.73. The molecule has 0 aliphatic carbocycles. The van der Waals surface area contributed by atoms with Gasteiger partial charge in [-0.15, -0.1) is 0 Å². The Morgan fingerprint density at radius 2 is 2.12 bits per heavy atom. The third kappa shape index (κ3) is 3.93. The van der Waals surface area contributed by atoms with Crippen molar-refractivity contribution in [3.8, 4) is 5.75 Å². The van der Waals surface area contributed by atoms with Crippen molar-refractivity contribution >= 4 is 15.7 Å². The zero-order valence-electron chi connectivity index (χ0n) is 13.0. The quantitative estimate of drug-likeness (QED) is 0.699. The first kappa shape index (κ1) is 16.1. The molecule has 24 heavy (non-hydrogen) atoms. The maximum Gasteiger partial charge on any atom is 0.265 e. The molecule has 0 atom stereocenters. The van der Waals surface area contributed by atoms with Crippen molar-refractivity contribution < 1.29 is 13.2 Å². The van der Waals surface area contributed by atoms with Crippen LogP contribution in [0.25, 0.3) is 0 Å². The third-order valence-electron chi connectivity index (χ3n) is 3.23. The molecule has 0 aliphatic heterocycles. The Morgan fingerprint density at radius 3 is 2.83 bits per heavy atom. The van der Waals surface area contributed by atoms with Crippen molar-refractivity contribution in [2.75, 3.05) is 11.3 Å². The monoisotopic (exact) mass is 347 g/mol. The van der Waals surface area contributed by atoms with Crippen molar-refractivity contribution in [3.63, 3.8) is 0 Å². The number of nitrogens with zero attached hydrogens (tertiary/aromatic N) is 4. The van der Waals surface area contributed by atoms with E-state index in [1.54, 1.807) is 42.2 Å². The molecular weight excluding hydrogens is 330 g/mol. The summed E-state index contributed by atoms with van der Waals surface area (Å²) >= 11 is 0. The maximum atomic E-state index is 12.3. The van der Waals surface area contributed by atoms with Crippen molar-refractivity contribution in [1.82, 2.24) is 19.6 Å². The Morgan fingerprint density at radius 1 is 1.25 bits per heavy atom. The van der Waals surface area contributed by atoms with Gasteiger partial charge in [-0.3, -0.25) is 14.1 Å². The lowest BCUT2D eigenvalue weighted by Crippen LogP contribution is -2.12. The molecule has 3 rings (SSSR count). The normalized spacial score (nSPS) is 11.4. The topological polar surface area (TPSA) is 91.0 Å². The SMILES string of the molecule is Cn1cc(S(=O)(=O)Nc2cccc(OCCn3cccn3)c2)cn1. The number of aromatic nitrogens is 4. The van der Waals surface area contributed by atoms with Crippen LogP contribution in [0, 0.1) is 0 Å². The van der Waals surface area contributed by atoms with E-state index in [0.717, 1.165) is 0 Å². The zero-order chi connectivity index (χ0) is 17.0. The lowest BCUT2D eigenvalue weighted by Gasteiger charge is -2.10. The Hall–Kier alpha value is -2.81. The predicted octanol–water partition coefficient (Wildman–Crippen LogP) is 1.50. The largest absolute Gasteiger partial charge is 0.492 e. The molecule has 3 aromatic rings. The fourth-order valence-corrected chi connectivity index (χ4v) is 3.12. The fourth-order valence-electron chi connectivity index (χ4n) is 2.09. The smallest absolute Gasteiger partial charge is 0.265 e. The summed E-state index contributed by atoms with van der Waals surface area (Å²) in [5.74, 6) is 0.577. The highest BCUT2D eigenvalue weighted by molar-refractivity contribution is 7.92. The summed E-state index contributed by atoms with van der Waals surface area (Å²) in [6, 6.07) is 8.63. The summed E-state index contributed by atoms with van der Waals surface area (Å²) in [4.78, 5) is 0.106. The summed E-state index contributed by atoms with van der Waals surface area (Å²) in [7, 11) is -2.01. The van der Waals surface area contributed by atoms with E-state index in [1.165, 1.54) is 17.1 Å². The molecule has 2 aromatic heterocycles. The number of aryl methyl sites for hydroxylation is 1. The lowest BCUT2D eigenvalue weighted by molar-refractivity contribution is 0.291. The van der Waals surface area contributed by atoms with Crippen LogP contribution in [0.3, 0.4) is 0 Å². The lowest BCUT2D eigenvalue weighted by atomic mass is 10.3. The van der Waals surface area contributed by atoms with Crippen molar-refractivity contribution in [2.24, 2.45) is 7.05 Å². The summed E-state index contributed by atoms with van der Waals surface area (Å²) < 4.78 is 35.9. The minimum absolute atomic E-state index is 0.106. The van der Waals surface area contributed by atoms with E-state index in [-0.39, 0.29) is 4.90 Å². The molecule has 1 N–H and O–H groups in total. The molecule has 8 nitrogen and oxygen atoms in total. The van der Waals surface area contributed by atoms with Crippen molar-refractivity contribution in [3.05, 3.63) is 55.1 Å². The Balaban J connectivity index is 1.64. The average Bonchev–Trinajstić information content (AvgIpc) is 3.19. The van der Waals surface area contributed by atoms with Gasteiger partial charge in [-0.1, -0.05) is 6.07 Å². The van der Waals surface area contributed by atoms with Crippen LogP contribution >= 0.6 is 0 Å². The molecule has 9 heteroatoms. The average molecular weight is 347 g/mol. The number of anilines is 1. The molecule has 2 heterocycles. The number of benzene rings is 1. The van der Waals surface area contributed by atoms with Gasteiger partial charge >= 0.3 is 0 Å². The third-order valence-corrected chi connectivity index (χ3v) is 4.56. The second-order valence-corrected chi connectivity index (χ2v) is 6.78. The highest BCUT2D eigenvalue weighted by Gasteiger charge is 2.16. The van der Waals surface area contributed by atoms with E-state index < -0.39 is 10.0 Å². The molecule has 0 aliphatic rings. The van der Waals surface area contributed by atoms with Gasteiger partial charge in [-0.25, -0.2) is 8.42 Å². The van der Waals surface area contributed by atoms with Crippen LogP contribution in [0.15, 0.2) is 60.0 Å². The number of hydrogen-bond acceptors (Lipinski definition) is 5. The molecule has 0 bridgehead atoms. The molecule has 0 amide bonds. The molecule has 126 valence electrons. The minimum Gasteiger partial charge on any atom is -0.492 e. The molecule has 0 radical (unpaired) electrons. The molecule has 0 fully saturated rings. The molecule has 1 aromatic carbocycles. The molecule has 0 spiro atoms. The number of sulfonamides is 1. The standard InChI is InChI=1S/C15H17N5O3S/c1-19-12-15(11-17-19)24(21,22)18-13-4-2-5-14(10-13)23-9-8-20-7-3-6-16-20/h2-7,10-12,18H,8-9H2,1H3. The molecule has 0 unspecified atom stereocenters. The summed E-state index contributed by atoms with van der Waals surface area (Å²) in [6.45, 7) is 1.04. The second kappa shape index (κ2) is 6.75. The van der Waals surface area contributed by atoms with Gasteiger partial charge < -0.3 is 4.74 Å². The van der Waals surface area contributed by atoms with Crippen LogP contribution in [-0.4, -0.2) is 34.6 Å². The first-order valence-electron chi connectivity index (χ1n) is 7.25. The first-order chi connectivity index (χ1) is 11.5. The van der Waals surface area contributed by atoms with Crippen LogP contribution in [0.1, 0.15) is 0 Å². The summed E-state index contributed by atoms with van der Waals surface area (Å²) in [6.07, 6.45) is 6.29. The van der Waals surface area contributed by atoms with Gasteiger partial charge in [-0.05, 0) is 18.2 Å². The zero-order valence-corrected chi connectivity index (χ0v) is 13.8. The van der Waals surface area contributed by atoms with E-state index in [0.29, 0.717) is 24.6 Å². The van der Waals surface area contributed by atoms with E-state index in [4.69, 9.17) is 4.74 Å². The van der Waals surface area contributed by atoms with Gasteiger partial charge in [0.2, 0.25) is 0 Å². The second-order valence-electron chi connectivity index (χ2n) is 5.10. The van der Waals surface area contributed by atoms with E-state index >= 15 is 0 Å². The summed E-state index contributed by atoms with van der Waals surface area (Å²) in [5.41, 5.74) is 0.426. The number of ether oxygens (including phenoxy) is 1. The van der Waals surface area contributed by atoms with Gasteiger partial charge in [0.05, 0.1) is 18.4 Å². The number of rotatable bonds is 7. The fraction of sp³-hybridized carbons (Fsp3) is 0.200. The van der Waals surface area contributed by atoms with Gasteiger partial charge in [0.15, 0.2) is 0 Å². The highest BCUT2D eigenvalue weighted by Crippen LogP contribution is 2.20. The van der Waals surface area contributed by atoms with Gasteiger partial charge in [0, 0.05) is 31.7 Å². The Labute approximate surface area is 139 Å². The van der Waals surface area contributed by atoms with Crippen molar-refractivity contribution in [2.45, 2.75) is 11.4 Å². The number of hydrogen-bond donors (Lipinski definition) is 1. The summed E-state index contributed by atoms with van der Waals surface area (Å²) in [5, 5.41) is 7.96. The van der Waals surface area contributed by atoms with E-state index in [2.05, 4.69) is 14.9 Å². The maximum absolute atomic E-state index is 12.3. The molecule has 0 saturated heterocycles. The van der Waals surface area contributed by atoms with Crippen molar-refractivity contribution in [1.29, 1.82) is 0 Å². The van der Waals surface area contributed by atoms with Gasteiger partial charge in [-0.2, -0.15) is 10.2 Å². The Bertz CT molecular complexity index is 903. The van der Waals surface area contributed by atoms with E-state index in [9.17, 15) is 8.42 Å². The molecule has 0 saturated carbocycles. The van der Waals surface area contributed by atoms with Crippen LogP contribution < -0.4 is 9.46 Å². The van der Waals surface area contributed by atoms with Crippen LogP contribution in [0.5, 0.6) is 5.75 Å². The van der Waals surface area contributed by atoms with Gasteiger partial charge in [0.1, 0.15) is 17.3 Å². The number of nitrogens with one attached hydrogen (secondary N) is 1. The predicted molar refractivity (Wildman–Crippen MR) is 88.2 cm³/mol. The van der Waals surface area contributed by atoms with Gasteiger partial charge in [0.25, 0.3) is 10.0 Å². The Kier molecular flexibility index (Phi) is 4.52. The van der Waals surface area contributed by atoms with Crippen LogP contribution in [0.4, 0.5) is 5.69 Å². The molecular formula is C15H17N5O3S. The van der Waals surface area contributed by atoms with E-state index in [1.807, 2.05) is 12.3 Å².